The van der Waals surface area contributed by atoms with Crippen LogP contribution in [-0.2, 0) is 0 Å². The summed E-state index contributed by atoms with van der Waals surface area (Å²) in [5.41, 5.74) is 5.47. The highest BCUT2D eigenvalue weighted by Crippen LogP contribution is 2.09. The molecule has 0 aromatic carbocycles. The second-order valence-electron chi connectivity index (χ2n) is 5.20. The van der Waals surface area contributed by atoms with Crippen molar-refractivity contribution in [1.29, 1.82) is 0 Å². The molecule has 3 heteroatoms. The first-order valence-electron chi connectivity index (χ1n) is 6.03. The summed E-state index contributed by atoms with van der Waals surface area (Å²) in [7, 11) is 0. The molecule has 15 heavy (non-hydrogen) atoms. The van der Waals surface area contributed by atoms with Crippen molar-refractivity contribution in [2.45, 2.75) is 46.1 Å². The van der Waals surface area contributed by atoms with Gasteiger partial charge in [-0.25, -0.2) is 0 Å². The van der Waals surface area contributed by atoms with Crippen LogP contribution in [0.25, 0.3) is 0 Å². The van der Waals surface area contributed by atoms with E-state index in [1.807, 2.05) is 6.92 Å². The first-order chi connectivity index (χ1) is 6.91. The van der Waals surface area contributed by atoms with Gasteiger partial charge in [0.1, 0.15) is 0 Å². The Kier molecular flexibility index (Phi) is 7.14. The van der Waals surface area contributed by atoms with Crippen molar-refractivity contribution in [3.63, 3.8) is 0 Å². The largest absolute Gasteiger partial charge is 0.394 e. The molecule has 1 atom stereocenters. The Hall–Kier alpha value is -0.120. The van der Waals surface area contributed by atoms with Crippen LogP contribution in [0.5, 0.6) is 0 Å². The Balaban J connectivity index is 3.72. The smallest absolute Gasteiger partial charge is 0.0608 e. The third-order valence-corrected chi connectivity index (χ3v) is 2.65. The minimum atomic E-state index is -0.406. The first-order valence-corrected chi connectivity index (χ1v) is 6.03. The van der Waals surface area contributed by atoms with Gasteiger partial charge in [0.05, 0.1) is 6.61 Å². The molecule has 0 aromatic heterocycles. The summed E-state index contributed by atoms with van der Waals surface area (Å²) < 4.78 is 0. The van der Waals surface area contributed by atoms with E-state index in [9.17, 15) is 0 Å². The molecule has 92 valence electrons. The van der Waals surface area contributed by atoms with Crippen molar-refractivity contribution in [3.05, 3.63) is 0 Å². The molecule has 0 heterocycles. The average Bonchev–Trinajstić information content (AvgIpc) is 2.15. The highest BCUT2D eigenvalue weighted by Gasteiger charge is 2.16. The number of hydrogen-bond donors (Lipinski definition) is 2. The van der Waals surface area contributed by atoms with Gasteiger partial charge < -0.3 is 15.7 Å². The summed E-state index contributed by atoms with van der Waals surface area (Å²) in [6, 6.07) is 0. The lowest BCUT2D eigenvalue weighted by Gasteiger charge is -2.26. The van der Waals surface area contributed by atoms with E-state index in [2.05, 4.69) is 25.7 Å². The van der Waals surface area contributed by atoms with Crippen LogP contribution in [0.2, 0.25) is 0 Å². The molecular weight excluding hydrogens is 188 g/mol. The Labute approximate surface area is 94.6 Å². The van der Waals surface area contributed by atoms with E-state index in [1.165, 1.54) is 0 Å². The van der Waals surface area contributed by atoms with Gasteiger partial charge in [-0.2, -0.15) is 0 Å². The molecule has 0 bridgehead atoms. The van der Waals surface area contributed by atoms with Gasteiger partial charge in [0.2, 0.25) is 0 Å². The van der Waals surface area contributed by atoms with Crippen LogP contribution in [0.4, 0.5) is 0 Å². The van der Waals surface area contributed by atoms with Crippen LogP contribution in [0, 0.1) is 5.92 Å². The van der Waals surface area contributed by atoms with E-state index in [0.717, 1.165) is 32.5 Å². The minimum Gasteiger partial charge on any atom is -0.394 e. The van der Waals surface area contributed by atoms with Gasteiger partial charge in [-0.15, -0.1) is 0 Å². The van der Waals surface area contributed by atoms with Crippen LogP contribution < -0.4 is 5.73 Å². The van der Waals surface area contributed by atoms with Gasteiger partial charge in [-0.1, -0.05) is 20.8 Å². The molecule has 0 radical (unpaired) electrons. The summed E-state index contributed by atoms with van der Waals surface area (Å²) >= 11 is 0. The lowest BCUT2D eigenvalue weighted by Crippen LogP contribution is -2.41. The van der Waals surface area contributed by atoms with Crippen molar-refractivity contribution in [2.75, 3.05) is 26.2 Å². The van der Waals surface area contributed by atoms with E-state index in [1.54, 1.807) is 0 Å². The molecule has 0 amide bonds. The van der Waals surface area contributed by atoms with E-state index >= 15 is 0 Å². The zero-order valence-corrected chi connectivity index (χ0v) is 10.8. The van der Waals surface area contributed by atoms with Gasteiger partial charge in [0.25, 0.3) is 0 Å². The van der Waals surface area contributed by atoms with E-state index < -0.39 is 5.54 Å². The van der Waals surface area contributed by atoms with Crippen LogP contribution in [0.15, 0.2) is 0 Å². The maximum absolute atomic E-state index is 9.02. The highest BCUT2D eigenvalue weighted by molar-refractivity contribution is 4.77. The van der Waals surface area contributed by atoms with E-state index in [0.29, 0.717) is 5.92 Å². The third kappa shape index (κ3) is 7.77. The Bertz CT molecular complexity index is 158. The van der Waals surface area contributed by atoms with Crippen molar-refractivity contribution < 1.29 is 5.11 Å². The number of nitrogens with zero attached hydrogens (tertiary/aromatic N) is 1. The molecule has 0 aliphatic heterocycles. The molecule has 3 nitrogen and oxygen atoms in total. The summed E-state index contributed by atoms with van der Waals surface area (Å²) in [5.74, 6) is 0.715. The molecule has 0 saturated heterocycles. The lowest BCUT2D eigenvalue weighted by molar-refractivity contribution is 0.185. The van der Waals surface area contributed by atoms with Gasteiger partial charge in [-0.05, 0) is 38.8 Å². The van der Waals surface area contributed by atoms with Crippen molar-refractivity contribution in [2.24, 2.45) is 11.7 Å². The molecule has 3 N–H and O–H groups in total. The Morgan fingerprint density at radius 3 is 2.40 bits per heavy atom. The van der Waals surface area contributed by atoms with Gasteiger partial charge in [0, 0.05) is 12.1 Å². The van der Waals surface area contributed by atoms with Crippen molar-refractivity contribution in [3.8, 4) is 0 Å². The summed E-state index contributed by atoms with van der Waals surface area (Å²) in [6.07, 6.45) is 1.95. The number of hydrogen-bond acceptors (Lipinski definition) is 3. The Morgan fingerprint density at radius 2 is 2.00 bits per heavy atom. The molecule has 0 aromatic rings. The highest BCUT2D eigenvalue weighted by atomic mass is 16.3. The second kappa shape index (κ2) is 7.20. The zero-order valence-electron chi connectivity index (χ0n) is 10.8. The fourth-order valence-electron chi connectivity index (χ4n) is 1.68. The maximum atomic E-state index is 9.02. The number of aliphatic hydroxyl groups excluding tert-OH is 1. The predicted octanol–water partition coefficient (Wildman–Crippen LogP) is 1.45. The standard InChI is InChI=1S/C12H28N2O/c1-5-14(9-11(2)3)8-6-7-12(4,13)10-15/h11,15H,5-10,13H2,1-4H3. The molecular formula is C12H28N2O. The fourth-order valence-corrected chi connectivity index (χ4v) is 1.68. The topological polar surface area (TPSA) is 49.5 Å². The van der Waals surface area contributed by atoms with Crippen LogP contribution in [-0.4, -0.2) is 41.8 Å². The van der Waals surface area contributed by atoms with Gasteiger partial charge >= 0.3 is 0 Å². The Morgan fingerprint density at radius 1 is 1.40 bits per heavy atom. The van der Waals surface area contributed by atoms with Crippen LogP contribution in [0.3, 0.4) is 0 Å². The second-order valence-corrected chi connectivity index (χ2v) is 5.20. The first kappa shape index (κ1) is 14.9. The normalized spacial score (nSPS) is 16.0. The molecule has 0 rings (SSSR count). The molecule has 0 aliphatic rings. The summed E-state index contributed by atoms with van der Waals surface area (Å²) in [5, 5.41) is 9.02. The van der Waals surface area contributed by atoms with E-state index in [-0.39, 0.29) is 6.61 Å². The predicted molar refractivity (Wildman–Crippen MR) is 65.9 cm³/mol. The summed E-state index contributed by atoms with van der Waals surface area (Å²) in [6.45, 7) is 12.0. The van der Waals surface area contributed by atoms with Crippen LogP contribution in [0.1, 0.15) is 40.5 Å². The van der Waals surface area contributed by atoms with Crippen LogP contribution >= 0.6 is 0 Å². The summed E-state index contributed by atoms with van der Waals surface area (Å²) in [4.78, 5) is 2.44. The molecule has 0 spiro atoms. The monoisotopic (exact) mass is 216 g/mol. The minimum absolute atomic E-state index is 0.0727. The fraction of sp³-hybridized carbons (Fsp3) is 1.00. The quantitative estimate of drug-likeness (QED) is 0.646. The maximum Gasteiger partial charge on any atom is 0.0608 e. The van der Waals surface area contributed by atoms with Gasteiger partial charge in [-0.3, -0.25) is 0 Å². The SMILES string of the molecule is CCN(CCCC(C)(N)CO)CC(C)C. The molecule has 0 aliphatic carbocycles. The van der Waals surface area contributed by atoms with E-state index in [4.69, 9.17) is 10.8 Å². The van der Waals surface area contributed by atoms with Crippen molar-refractivity contribution in [1.82, 2.24) is 4.90 Å². The number of aliphatic hydroxyl groups is 1. The van der Waals surface area contributed by atoms with Gasteiger partial charge in [0.15, 0.2) is 0 Å². The average molecular weight is 216 g/mol. The molecule has 0 saturated carbocycles. The molecule has 0 fully saturated rings. The number of rotatable bonds is 8. The molecule has 1 unspecified atom stereocenters. The number of nitrogens with two attached hydrogens (primary N) is 1. The third-order valence-electron chi connectivity index (χ3n) is 2.65. The lowest BCUT2D eigenvalue weighted by atomic mass is 9.98. The zero-order chi connectivity index (χ0) is 11.9. The van der Waals surface area contributed by atoms with Crippen molar-refractivity contribution >= 4 is 0 Å².